The number of aryl methyl sites for hydroxylation is 3. The first-order valence-corrected chi connectivity index (χ1v) is 9.34. The molecular weight excluding hydrogens is 387 g/mol. The van der Waals surface area contributed by atoms with Gasteiger partial charge in [0.1, 0.15) is 11.5 Å². The van der Waals surface area contributed by atoms with Crippen LogP contribution >= 0.6 is 0 Å². The van der Waals surface area contributed by atoms with Gasteiger partial charge >= 0.3 is 0 Å². The molecule has 2 N–H and O–H groups in total. The fourth-order valence-electron chi connectivity index (χ4n) is 2.73. The highest BCUT2D eigenvalue weighted by Gasteiger charge is 2.12. The highest BCUT2D eigenvalue weighted by atomic mass is 19.1. The summed E-state index contributed by atoms with van der Waals surface area (Å²) in [5.41, 5.74) is 2.41. The van der Waals surface area contributed by atoms with Gasteiger partial charge in [0.05, 0.1) is 12.2 Å². The van der Waals surface area contributed by atoms with Crippen molar-refractivity contribution in [3.63, 3.8) is 0 Å². The fraction of sp³-hybridized carbons (Fsp3) is 0.182. The van der Waals surface area contributed by atoms with Crippen molar-refractivity contribution in [3.8, 4) is 0 Å². The van der Waals surface area contributed by atoms with Gasteiger partial charge < -0.3 is 10.6 Å². The molecule has 0 aliphatic rings. The Morgan fingerprint density at radius 1 is 1.00 bits per heavy atom. The van der Waals surface area contributed by atoms with E-state index < -0.39 is 23.2 Å². The predicted molar refractivity (Wildman–Crippen MR) is 112 cm³/mol. The smallest absolute Gasteiger partial charge is 0.276 e. The van der Waals surface area contributed by atoms with Crippen molar-refractivity contribution in [3.05, 3.63) is 87.6 Å². The number of amides is 2. The van der Waals surface area contributed by atoms with E-state index in [4.69, 9.17) is 0 Å². The first kappa shape index (κ1) is 20.9. The molecular formula is C22H21FN4O3. The minimum Gasteiger partial charge on any atom is -0.324 e. The number of benzene rings is 2. The number of para-hydroxylation sites is 1. The number of halogens is 1. The predicted octanol–water partition coefficient (Wildman–Crippen LogP) is 3.28. The summed E-state index contributed by atoms with van der Waals surface area (Å²) in [6, 6.07) is 13.9. The summed E-state index contributed by atoms with van der Waals surface area (Å²) >= 11 is 0. The van der Waals surface area contributed by atoms with Gasteiger partial charge in [-0.3, -0.25) is 14.4 Å². The van der Waals surface area contributed by atoms with Crippen LogP contribution in [0.4, 0.5) is 15.8 Å². The third kappa shape index (κ3) is 5.16. The van der Waals surface area contributed by atoms with E-state index in [1.54, 1.807) is 12.1 Å². The highest BCUT2D eigenvalue weighted by molar-refractivity contribution is 6.02. The van der Waals surface area contributed by atoms with Gasteiger partial charge in [0.15, 0.2) is 0 Å². The molecule has 30 heavy (non-hydrogen) atoms. The van der Waals surface area contributed by atoms with Gasteiger partial charge in [0.25, 0.3) is 11.5 Å². The first-order valence-electron chi connectivity index (χ1n) is 9.34. The number of aromatic nitrogens is 2. The lowest BCUT2D eigenvalue weighted by atomic mass is 10.1. The van der Waals surface area contributed by atoms with Crippen molar-refractivity contribution >= 4 is 23.2 Å². The molecule has 7 nitrogen and oxygen atoms in total. The molecule has 2 amide bonds. The van der Waals surface area contributed by atoms with Crippen molar-refractivity contribution in [2.24, 2.45) is 0 Å². The summed E-state index contributed by atoms with van der Waals surface area (Å²) in [7, 11) is 0. The van der Waals surface area contributed by atoms with Gasteiger partial charge in [-0.05, 0) is 55.3 Å². The number of rotatable bonds is 6. The van der Waals surface area contributed by atoms with Gasteiger partial charge in [-0.2, -0.15) is 5.10 Å². The zero-order valence-corrected chi connectivity index (χ0v) is 16.6. The summed E-state index contributed by atoms with van der Waals surface area (Å²) < 4.78 is 14.7. The Labute approximate surface area is 172 Å². The maximum Gasteiger partial charge on any atom is 0.276 e. The SMILES string of the molecule is Cc1ccc(NC(=O)c2ccc(=O)n(CCC(=O)Nc3ccccc3F)n2)cc1C. The molecule has 2 aromatic carbocycles. The largest absolute Gasteiger partial charge is 0.324 e. The molecule has 0 saturated heterocycles. The van der Waals surface area contributed by atoms with Crippen molar-refractivity contribution in [2.45, 2.75) is 26.8 Å². The molecule has 0 aliphatic carbocycles. The summed E-state index contributed by atoms with van der Waals surface area (Å²) in [6.45, 7) is 3.86. The van der Waals surface area contributed by atoms with E-state index in [1.807, 2.05) is 26.0 Å². The molecule has 154 valence electrons. The lowest BCUT2D eigenvalue weighted by Crippen LogP contribution is -2.28. The molecule has 3 rings (SSSR count). The molecule has 0 spiro atoms. The van der Waals surface area contributed by atoms with Crippen molar-refractivity contribution in [2.75, 3.05) is 10.6 Å². The van der Waals surface area contributed by atoms with Crippen LogP contribution in [0.15, 0.2) is 59.4 Å². The van der Waals surface area contributed by atoms with Crippen LogP contribution in [0.3, 0.4) is 0 Å². The molecule has 3 aromatic rings. The standard InChI is InChI=1S/C22H21FN4O3/c1-14-7-8-16(13-15(14)2)24-22(30)19-9-10-21(29)27(26-19)12-11-20(28)25-18-6-4-3-5-17(18)23/h3-10,13H,11-12H2,1-2H3,(H,24,30)(H,25,28). The minimum absolute atomic E-state index is 0.0438. The second kappa shape index (κ2) is 9.13. The number of carbonyl (C=O) groups is 2. The molecule has 0 aliphatic heterocycles. The number of nitrogens with zero attached hydrogens (tertiary/aromatic N) is 2. The average molecular weight is 408 g/mol. The van der Waals surface area contributed by atoms with Gasteiger partial charge in [-0.1, -0.05) is 18.2 Å². The lowest BCUT2D eigenvalue weighted by molar-refractivity contribution is -0.116. The van der Waals surface area contributed by atoms with E-state index >= 15 is 0 Å². The number of anilines is 2. The number of hydrogen-bond donors (Lipinski definition) is 2. The van der Waals surface area contributed by atoms with Crippen LogP contribution in [-0.2, 0) is 11.3 Å². The number of nitrogens with one attached hydrogen (secondary N) is 2. The normalized spacial score (nSPS) is 10.5. The van der Waals surface area contributed by atoms with E-state index in [9.17, 15) is 18.8 Å². The fourth-order valence-corrected chi connectivity index (χ4v) is 2.73. The van der Waals surface area contributed by atoms with Crippen LogP contribution in [0.1, 0.15) is 28.0 Å². The zero-order chi connectivity index (χ0) is 21.7. The van der Waals surface area contributed by atoms with E-state index in [2.05, 4.69) is 15.7 Å². The van der Waals surface area contributed by atoms with Gasteiger partial charge in [-0.25, -0.2) is 9.07 Å². The summed E-state index contributed by atoms with van der Waals surface area (Å²) in [5, 5.41) is 9.23. The van der Waals surface area contributed by atoms with Gasteiger partial charge in [-0.15, -0.1) is 0 Å². The van der Waals surface area contributed by atoms with Crippen molar-refractivity contribution in [1.82, 2.24) is 9.78 Å². The zero-order valence-electron chi connectivity index (χ0n) is 16.6. The van der Waals surface area contributed by atoms with Crippen molar-refractivity contribution in [1.29, 1.82) is 0 Å². The molecule has 0 unspecified atom stereocenters. The Balaban J connectivity index is 1.66. The monoisotopic (exact) mass is 408 g/mol. The molecule has 0 fully saturated rings. The molecule has 8 heteroatoms. The van der Waals surface area contributed by atoms with E-state index in [1.165, 1.54) is 30.3 Å². The van der Waals surface area contributed by atoms with E-state index in [0.717, 1.165) is 15.8 Å². The van der Waals surface area contributed by atoms with Gasteiger partial charge in [0.2, 0.25) is 5.91 Å². The third-order valence-corrected chi connectivity index (χ3v) is 4.56. The molecule has 1 aromatic heterocycles. The van der Waals surface area contributed by atoms with Crippen LogP contribution in [0.25, 0.3) is 0 Å². The molecule has 0 radical (unpaired) electrons. The maximum absolute atomic E-state index is 13.6. The van der Waals surface area contributed by atoms with Gasteiger partial charge in [0, 0.05) is 18.2 Å². The average Bonchev–Trinajstić information content (AvgIpc) is 2.72. The Morgan fingerprint density at radius 3 is 2.50 bits per heavy atom. The molecule has 0 saturated carbocycles. The van der Waals surface area contributed by atoms with E-state index in [0.29, 0.717) is 5.69 Å². The van der Waals surface area contributed by atoms with Crippen LogP contribution in [0, 0.1) is 19.7 Å². The second-order valence-corrected chi connectivity index (χ2v) is 6.81. The minimum atomic E-state index is -0.550. The Morgan fingerprint density at radius 2 is 1.77 bits per heavy atom. The third-order valence-electron chi connectivity index (χ3n) is 4.56. The molecule has 0 atom stereocenters. The van der Waals surface area contributed by atoms with E-state index in [-0.39, 0.29) is 24.3 Å². The van der Waals surface area contributed by atoms with Crippen LogP contribution in [0.2, 0.25) is 0 Å². The Hall–Kier alpha value is -3.81. The number of carbonyl (C=O) groups excluding carboxylic acids is 2. The maximum atomic E-state index is 13.6. The molecule has 0 bridgehead atoms. The summed E-state index contributed by atoms with van der Waals surface area (Å²) in [5.74, 6) is -1.49. The Bertz CT molecular complexity index is 1160. The molecule has 1 heterocycles. The first-order chi connectivity index (χ1) is 14.3. The quantitative estimate of drug-likeness (QED) is 0.655. The topological polar surface area (TPSA) is 93.1 Å². The second-order valence-electron chi connectivity index (χ2n) is 6.81. The lowest BCUT2D eigenvalue weighted by Gasteiger charge is -2.10. The van der Waals surface area contributed by atoms with Crippen molar-refractivity contribution < 1.29 is 14.0 Å². The highest BCUT2D eigenvalue weighted by Crippen LogP contribution is 2.15. The van der Waals surface area contributed by atoms with Crippen LogP contribution in [-0.4, -0.2) is 21.6 Å². The number of hydrogen-bond acceptors (Lipinski definition) is 4. The summed E-state index contributed by atoms with van der Waals surface area (Å²) in [6.07, 6.45) is -0.108. The van der Waals surface area contributed by atoms with Crippen LogP contribution < -0.4 is 16.2 Å². The Kier molecular flexibility index (Phi) is 6.36. The van der Waals surface area contributed by atoms with Crippen LogP contribution in [0.5, 0.6) is 0 Å². The summed E-state index contributed by atoms with van der Waals surface area (Å²) in [4.78, 5) is 36.6.